The van der Waals surface area contributed by atoms with Crippen LogP contribution in [0, 0.1) is 0 Å². The molecule has 0 bridgehead atoms. The molecule has 112 valence electrons. The fraction of sp³-hybridized carbons (Fsp3) is 0.333. The van der Waals surface area contributed by atoms with Gasteiger partial charge in [-0.05, 0) is 51.7 Å². The molecule has 1 aromatic heterocycles. The van der Waals surface area contributed by atoms with Gasteiger partial charge in [0.1, 0.15) is 4.21 Å². The normalized spacial score (nSPS) is 18.0. The summed E-state index contributed by atoms with van der Waals surface area (Å²) in [6.07, 6.45) is 1.76. The second kappa shape index (κ2) is 6.20. The first-order valence-corrected chi connectivity index (χ1v) is 9.98. The number of sulfonamides is 1. The Kier molecular flexibility index (Phi) is 4.49. The van der Waals surface area contributed by atoms with Gasteiger partial charge in [0.25, 0.3) is 10.0 Å². The molecule has 1 aliphatic heterocycles. The summed E-state index contributed by atoms with van der Waals surface area (Å²) in [4.78, 5) is 0. The van der Waals surface area contributed by atoms with Crippen molar-refractivity contribution in [2.24, 2.45) is 0 Å². The molecule has 0 unspecified atom stereocenters. The van der Waals surface area contributed by atoms with Crippen molar-refractivity contribution >= 4 is 37.3 Å². The second-order valence-electron chi connectivity index (χ2n) is 5.15. The van der Waals surface area contributed by atoms with E-state index < -0.39 is 10.0 Å². The molecule has 0 saturated carbocycles. The van der Waals surface area contributed by atoms with Crippen LogP contribution in [0.3, 0.4) is 0 Å². The van der Waals surface area contributed by atoms with E-state index in [-0.39, 0.29) is 0 Å². The molecule has 0 spiro atoms. The number of hydrogen-bond acceptors (Lipinski definition) is 3. The van der Waals surface area contributed by atoms with E-state index in [2.05, 4.69) is 28.1 Å². The van der Waals surface area contributed by atoms with E-state index >= 15 is 0 Å². The maximum Gasteiger partial charge on any atom is 0.253 e. The third-order valence-electron chi connectivity index (χ3n) is 3.88. The number of halogens is 1. The lowest BCUT2D eigenvalue weighted by Crippen LogP contribution is -2.37. The first-order chi connectivity index (χ1) is 10.1. The minimum absolute atomic E-state index is 0.417. The van der Waals surface area contributed by atoms with E-state index in [0.29, 0.717) is 27.7 Å². The average Bonchev–Trinajstić information content (AvgIpc) is 2.95. The quantitative estimate of drug-likeness (QED) is 0.797. The van der Waals surface area contributed by atoms with Crippen molar-refractivity contribution in [2.45, 2.75) is 23.0 Å². The van der Waals surface area contributed by atoms with Gasteiger partial charge in [0.2, 0.25) is 0 Å². The molecule has 21 heavy (non-hydrogen) atoms. The molecule has 0 atom stereocenters. The lowest BCUT2D eigenvalue weighted by molar-refractivity contribution is 0.320. The predicted octanol–water partition coefficient (Wildman–Crippen LogP) is 4.08. The van der Waals surface area contributed by atoms with Gasteiger partial charge < -0.3 is 0 Å². The van der Waals surface area contributed by atoms with Crippen molar-refractivity contribution in [2.75, 3.05) is 13.1 Å². The molecular weight excluding hydrogens is 370 g/mol. The fourth-order valence-corrected chi connectivity index (χ4v) is 6.66. The smallest absolute Gasteiger partial charge is 0.206 e. The average molecular weight is 386 g/mol. The molecule has 1 aromatic carbocycles. The van der Waals surface area contributed by atoms with E-state index in [4.69, 9.17) is 0 Å². The largest absolute Gasteiger partial charge is 0.253 e. The Morgan fingerprint density at radius 2 is 1.76 bits per heavy atom. The van der Waals surface area contributed by atoms with Gasteiger partial charge in [-0.15, -0.1) is 11.3 Å². The monoisotopic (exact) mass is 385 g/mol. The van der Waals surface area contributed by atoms with Crippen LogP contribution in [-0.2, 0) is 10.0 Å². The molecule has 0 amide bonds. The highest BCUT2D eigenvalue weighted by molar-refractivity contribution is 9.10. The maximum atomic E-state index is 12.6. The van der Waals surface area contributed by atoms with Crippen LogP contribution in [0.5, 0.6) is 0 Å². The number of benzene rings is 1. The van der Waals surface area contributed by atoms with Gasteiger partial charge in [0.15, 0.2) is 0 Å². The Hall–Kier alpha value is -0.690. The number of nitrogens with zero attached hydrogens (tertiary/aromatic N) is 1. The van der Waals surface area contributed by atoms with Crippen LogP contribution in [0.2, 0.25) is 0 Å². The van der Waals surface area contributed by atoms with E-state index in [1.165, 1.54) is 16.9 Å². The zero-order valence-electron chi connectivity index (χ0n) is 11.4. The van der Waals surface area contributed by atoms with Crippen LogP contribution in [0.1, 0.15) is 24.3 Å². The third-order valence-corrected chi connectivity index (χ3v) is 8.43. The number of rotatable bonds is 3. The second-order valence-corrected chi connectivity index (χ2v) is 9.05. The van der Waals surface area contributed by atoms with Crippen molar-refractivity contribution in [3.63, 3.8) is 0 Å². The van der Waals surface area contributed by atoms with Crippen molar-refractivity contribution in [1.29, 1.82) is 0 Å². The highest BCUT2D eigenvalue weighted by Crippen LogP contribution is 2.34. The molecule has 0 aliphatic carbocycles. The standard InChI is InChI=1S/C15H16BrNO2S2/c16-14-8-11-20-15(14)21(18,19)17-9-6-13(7-10-17)12-4-2-1-3-5-12/h1-5,8,11,13H,6-7,9-10H2. The number of thiophene rings is 1. The van der Waals surface area contributed by atoms with E-state index in [1.807, 2.05) is 18.2 Å². The molecule has 2 aromatic rings. The SMILES string of the molecule is O=S(=O)(c1sccc1Br)N1CCC(c2ccccc2)CC1. The van der Waals surface area contributed by atoms with Gasteiger partial charge in [-0.2, -0.15) is 4.31 Å². The zero-order chi connectivity index (χ0) is 14.9. The van der Waals surface area contributed by atoms with Crippen molar-refractivity contribution in [3.8, 4) is 0 Å². The number of piperidine rings is 1. The lowest BCUT2D eigenvalue weighted by Gasteiger charge is -2.31. The summed E-state index contributed by atoms with van der Waals surface area (Å²) in [5.74, 6) is 0.462. The molecule has 6 heteroatoms. The fourth-order valence-electron chi connectivity index (χ4n) is 2.74. The van der Waals surface area contributed by atoms with Crippen LogP contribution in [0.4, 0.5) is 0 Å². The van der Waals surface area contributed by atoms with Gasteiger partial charge in [0, 0.05) is 17.6 Å². The highest BCUT2D eigenvalue weighted by Gasteiger charge is 2.31. The summed E-state index contributed by atoms with van der Waals surface area (Å²) in [6.45, 7) is 1.18. The first kappa shape index (κ1) is 15.2. The topological polar surface area (TPSA) is 37.4 Å². The van der Waals surface area contributed by atoms with Gasteiger partial charge in [0.05, 0.1) is 0 Å². The summed E-state index contributed by atoms with van der Waals surface area (Å²) >= 11 is 4.59. The minimum atomic E-state index is -3.35. The summed E-state index contributed by atoms with van der Waals surface area (Å²) in [6, 6.07) is 12.1. The Balaban J connectivity index is 1.73. The van der Waals surface area contributed by atoms with Crippen LogP contribution >= 0.6 is 27.3 Å². The molecule has 1 fully saturated rings. The third kappa shape index (κ3) is 3.08. The van der Waals surface area contributed by atoms with Gasteiger partial charge in [-0.3, -0.25) is 0 Å². The minimum Gasteiger partial charge on any atom is -0.206 e. The van der Waals surface area contributed by atoms with Crippen molar-refractivity contribution in [1.82, 2.24) is 4.31 Å². The molecule has 0 N–H and O–H groups in total. The Bertz CT molecular complexity index is 704. The van der Waals surface area contributed by atoms with Crippen LogP contribution < -0.4 is 0 Å². The molecular formula is C15H16BrNO2S2. The van der Waals surface area contributed by atoms with Gasteiger partial charge in [-0.25, -0.2) is 8.42 Å². The van der Waals surface area contributed by atoms with Crippen LogP contribution in [-0.4, -0.2) is 25.8 Å². The number of hydrogen-bond donors (Lipinski definition) is 0. The van der Waals surface area contributed by atoms with Crippen molar-refractivity contribution in [3.05, 3.63) is 51.8 Å². The van der Waals surface area contributed by atoms with E-state index in [0.717, 1.165) is 12.8 Å². The van der Waals surface area contributed by atoms with E-state index in [1.54, 1.807) is 15.8 Å². The Morgan fingerprint density at radius 1 is 1.10 bits per heavy atom. The van der Waals surface area contributed by atoms with Crippen LogP contribution in [0.15, 0.2) is 50.5 Å². The summed E-state index contributed by atoms with van der Waals surface area (Å²) in [7, 11) is -3.35. The lowest BCUT2D eigenvalue weighted by atomic mass is 9.90. The molecule has 1 aliphatic rings. The molecule has 2 heterocycles. The summed E-state index contributed by atoms with van der Waals surface area (Å²) < 4.78 is 27.9. The zero-order valence-corrected chi connectivity index (χ0v) is 14.6. The maximum absolute atomic E-state index is 12.6. The molecule has 3 nitrogen and oxygen atoms in total. The predicted molar refractivity (Wildman–Crippen MR) is 89.2 cm³/mol. The Labute approximate surface area is 137 Å². The van der Waals surface area contributed by atoms with Gasteiger partial charge >= 0.3 is 0 Å². The molecule has 3 rings (SSSR count). The summed E-state index contributed by atoms with van der Waals surface area (Å²) in [5, 5.41) is 1.80. The summed E-state index contributed by atoms with van der Waals surface area (Å²) in [5.41, 5.74) is 1.31. The van der Waals surface area contributed by atoms with Crippen LogP contribution in [0.25, 0.3) is 0 Å². The van der Waals surface area contributed by atoms with E-state index in [9.17, 15) is 8.42 Å². The molecule has 1 saturated heterocycles. The Morgan fingerprint density at radius 3 is 2.33 bits per heavy atom. The first-order valence-electron chi connectivity index (χ1n) is 6.87. The van der Waals surface area contributed by atoms with Crippen molar-refractivity contribution < 1.29 is 8.42 Å². The molecule has 0 radical (unpaired) electrons. The highest BCUT2D eigenvalue weighted by atomic mass is 79.9. The van der Waals surface area contributed by atoms with Gasteiger partial charge in [-0.1, -0.05) is 30.3 Å².